The summed E-state index contributed by atoms with van der Waals surface area (Å²) in [6.07, 6.45) is 0. The van der Waals surface area contributed by atoms with Gasteiger partial charge in [0, 0.05) is 22.6 Å². The first-order chi connectivity index (χ1) is 6.13. The lowest BCUT2D eigenvalue weighted by molar-refractivity contribution is 0.914. The van der Waals surface area contributed by atoms with Crippen molar-refractivity contribution in [2.75, 3.05) is 0 Å². The van der Waals surface area contributed by atoms with Gasteiger partial charge in [-0.15, -0.1) is 0 Å². The molecular weight excluding hydrogens is 249 g/mol. The second kappa shape index (κ2) is 3.03. The second-order valence-electron chi connectivity index (χ2n) is 3.09. The first kappa shape index (κ1) is 9.10. The van der Waals surface area contributed by atoms with E-state index in [-0.39, 0.29) is 0 Å². The Hall–Kier alpha value is -0.470. The minimum absolute atomic E-state index is 0.800. The van der Waals surface area contributed by atoms with Crippen molar-refractivity contribution in [3.8, 4) is 0 Å². The van der Waals surface area contributed by atoms with Crippen LogP contribution in [-0.4, -0.2) is 4.57 Å². The standard InChI is InChI=1S/C10H9BrClN/c1-6-9(11)7-4-3-5-8(12)10(7)13(6)2/h3-5H,1-2H3. The Morgan fingerprint density at radius 1 is 1.38 bits per heavy atom. The number of para-hydroxylation sites is 1. The van der Waals surface area contributed by atoms with Crippen LogP contribution in [0.1, 0.15) is 5.69 Å². The number of aryl methyl sites for hydroxylation is 1. The van der Waals surface area contributed by atoms with E-state index in [1.54, 1.807) is 0 Å². The Bertz CT molecular complexity index is 473. The van der Waals surface area contributed by atoms with Crippen LogP contribution < -0.4 is 0 Å². The number of halogens is 2. The molecule has 0 bridgehead atoms. The third-order valence-electron chi connectivity index (χ3n) is 2.38. The number of hydrogen-bond acceptors (Lipinski definition) is 0. The smallest absolute Gasteiger partial charge is 0.0680 e. The van der Waals surface area contributed by atoms with E-state index < -0.39 is 0 Å². The first-order valence-corrected chi connectivity index (χ1v) is 5.19. The summed E-state index contributed by atoms with van der Waals surface area (Å²) < 4.78 is 3.23. The Kier molecular flexibility index (Phi) is 2.12. The third kappa shape index (κ3) is 1.20. The van der Waals surface area contributed by atoms with Crippen molar-refractivity contribution in [3.05, 3.63) is 33.4 Å². The van der Waals surface area contributed by atoms with Crippen LogP contribution in [0.4, 0.5) is 0 Å². The van der Waals surface area contributed by atoms with Gasteiger partial charge in [0.25, 0.3) is 0 Å². The molecule has 1 heterocycles. The van der Waals surface area contributed by atoms with Crippen LogP contribution >= 0.6 is 27.5 Å². The zero-order chi connectivity index (χ0) is 9.59. The van der Waals surface area contributed by atoms with Gasteiger partial charge in [-0.2, -0.15) is 0 Å². The van der Waals surface area contributed by atoms with E-state index >= 15 is 0 Å². The van der Waals surface area contributed by atoms with Crippen molar-refractivity contribution in [3.63, 3.8) is 0 Å². The maximum absolute atomic E-state index is 6.11. The molecule has 0 amide bonds. The summed E-state index contributed by atoms with van der Waals surface area (Å²) in [5.74, 6) is 0. The van der Waals surface area contributed by atoms with Crippen molar-refractivity contribution in [1.29, 1.82) is 0 Å². The predicted molar refractivity (Wildman–Crippen MR) is 60.4 cm³/mol. The fraction of sp³-hybridized carbons (Fsp3) is 0.200. The highest BCUT2D eigenvalue weighted by atomic mass is 79.9. The molecule has 3 heteroatoms. The molecule has 0 N–H and O–H groups in total. The normalized spacial score (nSPS) is 11.1. The zero-order valence-corrected chi connectivity index (χ0v) is 9.78. The molecule has 0 aliphatic rings. The summed E-state index contributed by atoms with van der Waals surface area (Å²) in [6.45, 7) is 2.07. The van der Waals surface area contributed by atoms with Gasteiger partial charge in [-0.3, -0.25) is 0 Å². The van der Waals surface area contributed by atoms with Gasteiger partial charge in [0.05, 0.1) is 10.5 Å². The highest BCUT2D eigenvalue weighted by molar-refractivity contribution is 9.10. The molecule has 13 heavy (non-hydrogen) atoms. The van der Waals surface area contributed by atoms with E-state index in [2.05, 4.69) is 33.5 Å². The molecule has 68 valence electrons. The van der Waals surface area contributed by atoms with Gasteiger partial charge in [0.2, 0.25) is 0 Å². The van der Waals surface area contributed by atoms with Crippen molar-refractivity contribution in [1.82, 2.24) is 4.57 Å². The Morgan fingerprint density at radius 2 is 2.08 bits per heavy atom. The molecule has 0 atom stereocenters. The molecule has 0 saturated heterocycles. The van der Waals surface area contributed by atoms with Gasteiger partial charge < -0.3 is 4.57 Å². The largest absolute Gasteiger partial charge is 0.346 e. The highest BCUT2D eigenvalue weighted by Crippen LogP contribution is 2.33. The average Bonchev–Trinajstić information content (AvgIpc) is 2.33. The average molecular weight is 259 g/mol. The molecule has 0 radical (unpaired) electrons. The molecule has 0 aliphatic heterocycles. The van der Waals surface area contributed by atoms with Crippen LogP contribution in [0.25, 0.3) is 10.9 Å². The molecular formula is C10H9BrClN. The lowest BCUT2D eigenvalue weighted by Crippen LogP contribution is -1.89. The van der Waals surface area contributed by atoms with Crippen LogP contribution in [-0.2, 0) is 7.05 Å². The number of benzene rings is 1. The van der Waals surface area contributed by atoms with Gasteiger partial charge in [0.1, 0.15) is 0 Å². The predicted octanol–water partition coefficient (Wildman–Crippen LogP) is 3.90. The molecule has 0 unspecified atom stereocenters. The molecule has 0 fully saturated rings. The van der Waals surface area contributed by atoms with Crippen LogP contribution in [0.2, 0.25) is 5.02 Å². The number of fused-ring (bicyclic) bond motifs is 1. The summed E-state index contributed by atoms with van der Waals surface area (Å²) in [4.78, 5) is 0. The molecule has 1 aromatic heterocycles. The van der Waals surface area contributed by atoms with Gasteiger partial charge in [-0.05, 0) is 28.9 Å². The van der Waals surface area contributed by atoms with E-state index in [0.29, 0.717) is 0 Å². The number of hydrogen-bond donors (Lipinski definition) is 0. The topological polar surface area (TPSA) is 4.93 Å². The number of nitrogens with zero attached hydrogens (tertiary/aromatic N) is 1. The van der Waals surface area contributed by atoms with E-state index in [4.69, 9.17) is 11.6 Å². The highest BCUT2D eigenvalue weighted by Gasteiger charge is 2.10. The number of rotatable bonds is 0. The van der Waals surface area contributed by atoms with Gasteiger partial charge in [-0.25, -0.2) is 0 Å². The quantitative estimate of drug-likeness (QED) is 0.675. The first-order valence-electron chi connectivity index (χ1n) is 4.02. The van der Waals surface area contributed by atoms with E-state index in [9.17, 15) is 0 Å². The van der Waals surface area contributed by atoms with Gasteiger partial charge in [-0.1, -0.05) is 23.7 Å². The van der Waals surface area contributed by atoms with E-state index in [0.717, 1.165) is 15.0 Å². The van der Waals surface area contributed by atoms with Crippen LogP contribution in [0.3, 0.4) is 0 Å². The zero-order valence-electron chi connectivity index (χ0n) is 7.44. The Balaban J connectivity index is 3.03. The van der Waals surface area contributed by atoms with Crippen molar-refractivity contribution < 1.29 is 0 Å². The minimum Gasteiger partial charge on any atom is -0.346 e. The summed E-state index contributed by atoms with van der Waals surface area (Å²) in [7, 11) is 2.02. The van der Waals surface area contributed by atoms with Crippen LogP contribution in [0, 0.1) is 6.92 Å². The molecule has 1 aromatic carbocycles. The summed E-state index contributed by atoms with van der Waals surface area (Å²) in [5.41, 5.74) is 2.29. The molecule has 0 saturated carbocycles. The van der Waals surface area contributed by atoms with Gasteiger partial charge in [0.15, 0.2) is 0 Å². The molecule has 0 aliphatic carbocycles. The summed E-state index contributed by atoms with van der Waals surface area (Å²) in [5, 5.41) is 1.97. The Morgan fingerprint density at radius 3 is 2.69 bits per heavy atom. The van der Waals surface area contributed by atoms with Crippen LogP contribution in [0.5, 0.6) is 0 Å². The van der Waals surface area contributed by atoms with Crippen molar-refractivity contribution in [2.45, 2.75) is 6.92 Å². The Labute approximate surface area is 90.4 Å². The fourth-order valence-corrected chi connectivity index (χ4v) is 2.43. The molecule has 1 nitrogen and oxygen atoms in total. The summed E-state index contributed by atoms with van der Waals surface area (Å²) >= 11 is 9.66. The van der Waals surface area contributed by atoms with E-state index in [1.807, 2.05) is 19.2 Å². The lowest BCUT2D eigenvalue weighted by Gasteiger charge is -1.99. The minimum atomic E-state index is 0.800. The molecule has 2 aromatic rings. The summed E-state index contributed by atoms with van der Waals surface area (Å²) in [6, 6.07) is 5.95. The van der Waals surface area contributed by atoms with Crippen molar-refractivity contribution in [2.24, 2.45) is 7.05 Å². The maximum atomic E-state index is 6.11. The molecule has 0 spiro atoms. The molecule has 2 rings (SSSR count). The third-order valence-corrected chi connectivity index (χ3v) is 3.69. The lowest BCUT2D eigenvalue weighted by atomic mass is 10.2. The van der Waals surface area contributed by atoms with Crippen molar-refractivity contribution >= 4 is 38.4 Å². The SMILES string of the molecule is Cc1c(Br)c2cccc(Cl)c2n1C. The number of aromatic nitrogens is 1. The second-order valence-corrected chi connectivity index (χ2v) is 4.29. The monoisotopic (exact) mass is 257 g/mol. The van der Waals surface area contributed by atoms with Crippen LogP contribution in [0.15, 0.2) is 22.7 Å². The maximum Gasteiger partial charge on any atom is 0.0680 e. The fourth-order valence-electron chi connectivity index (χ4n) is 1.54. The van der Waals surface area contributed by atoms with Gasteiger partial charge >= 0.3 is 0 Å². The van der Waals surface area contributed by atoms with E-state index in [1.165, 1.54) is 11.1 Å².